The van der Waals surface area contributed by atoms with Crippen molar-refractivity contribution in [2.45, 2.75) is 64.4 Å². The van der Waals surface area contributed by atoms with E-state index in [0.29, 0.717) is 0 Å². The SMILES string of the molecule is CC/C=C\C/C=C\CC(O)CCCNCCCCC(=O)O. The molecule has 4 nitrogen and oxygen atoms in total. The van der Waals surface area contributed by atoms with Crippen molar-refractivity contribution in [3.63, 3.8) is 0 Å². The van der Waals surface area contributed by atoms with Gasteiger partial charge < -0.3 is 15.5 Å². The van der Waals surface area contributed by atoms with Gasteiger partial charge in [0.15, 0.2) is 0 Å². The number of aliphatic hydroxyl groups is 1. The molecule has 3 N–H and O–H groups in total. The van der Waals surface area contributed by atoms with E-state index in [1.54, 1.807) is 0 Å². The molecule has 122 valence electrons. The van der Waals surface area contributed by atoms with Crippen molar-refractivity contribution in [1.29, 1.82) is 0 Å². The highest BCUT2D eigenvalue weighted by atomic mass is 16.4. The predicted molar refractivity (Wildman–Crippen MR) is 87.4 cm³/mol. The normalized spacial score (nSPS) is 13.2. The topological polar surface area (TPSA) is 69.6 Å². The van der Waals surface area contributed by atoms with Crippen LogP contribution in [0.5, 0.6) is 0 Å². The van der Waals surface area contributed by atoms with Crippen LogP contribution in [-0.4, -0.2) is 35.4 Å². The smallest absolute Gasteiger partial charge is 0.303 e. The zero-order valence-corrected chi connectivity index (χ0v) is 13.3. The monoisotopic (exact) mass is 297 g/mol. The molecule has 0 rings (SSSR count). The van der Waals surface area contributed by atoms with Crippen LogP contribution in [0.2, 0.25) is 0 Å². The van der Waals surface area contributed by atoms with Crippen molar-refractivity contribution >= 4 is 5.97 Å². The van der Waals surface area contributed by atoms with Gasteiger partial charge in [-0.25, -0.2) is 0 Å². The summed E-state index contributed by atoms with van der Waals surface area (Å²) in [6.07, 6.45) is 14.5. The van der Waals surface area contributed by atoms with Crippen molar-refractivity contribution in [2.24, 2.45) is 0 Å². The summed E-state index contributed by atoms with van der Waals surface area (Å²) < 4.78 is 0. The molecule has 0 aromatic carbocycles. The number of carboxylic acids is 1. The fourth-order valence-electron chi connectivity index (χ4n) is 1.92. The van der Waals surface area contributed by atoms with Gasteiger partial charge in [-0.05, 0) is 58.0 Å². The van der Waals surface area contributed by atoms with E-state index in [1.165, 1.54) is 0 Å². The van der Waals surface area contributed by atoms with E-state index in [4.69, 9.17) is 5.11 Å². The molecule has 0 aliphatic rings. The number of carboxylic acid groups (broad SMARTS) is 1. The van der Waals surface area contributed by atoms with Gasteiger partial charge in [-0.1, -0.05) is 31.2 Å². The van der Waals surface area contributed by atoms with Gasteiger partial charge in [0.05, 0.1) is 6.10 Å². The molecule has 0 aromatic heterocycles. The molecule has 0 amide bonds. The Morgan fingerprint density at radius 3 is 2.52 bits per heavy atom. The summed E-state index contributed by atoms with van der Waals surface area (Å²) >= 11 is 0. The minimum atomic E-state index is -0.726. The molecule has 0 heterocycles. The van der Waals surface area contributed by atoms with Crippen LogP contribution >= 0.6 is 0 Å². The molecule has 21 heavy (non-hydrogen) atoms. The fraction of sp³-hybridized carbons (Fsp3) is 0.706. The highest BCUT2D eigenvalue weighted by molar-refractivity contribution is 5.66. The van der Waals surface area contributed by atoms with E-state index in [1.807, 2.05) is 6.08 Å². The number of aliphatic carboxylic acids is 1. The quantitative estimate of drug-likeness (QED) is 0.340. The number of hydrogen-bond donors (Lipinski definition) is 3. The predicted octanol–water partition coefficient (Wildman–Crippen LogP) is 3.27. The molecule has 1 unspecified atom stereocenters. The lowest BCUT2D eigenvalue weighted by Gasteiger charge is -2.08. The first-order valence-corrected chi connectivity index (χ1v) is 8.07. The highest BCUT2D eigenvalue weighted by Gasteiger charge is 2.01. The summed E-state index contributed by atoms with van der Waals surface area (Å²) in [7, 11) is 0. The zero-order valence-electron chi connectivity index (χ0n) is 13.3. The van der Waals surface area contributed by atoms with Crippen LogP contribution in [0.3, 0.4) is 0 Å². The Morgan fingerprint density at radius 1 is 1.10 bits per heavy atom. The Bertz CT molecular complexity index is 300. The summed E-state index contributed by atoms with van der Waals surface area (Å²) in [6, 6.07) is 0. The summed E-state index contributed by atoms with van der Waals surface area (Å²) in [5.74, 6) is -0.726. The van der Waals surface area contributed by atoms with Crippen LogP contribution in [0.1, 0.15) is 58.3 Å². The minimum absolute atomic E-state index is 0.250. The molecular formula is C17H31NO3. The number of carbonyl (C=O) groups is 1. The van der Waals surface area contributed by atoms with Gasteiger partial charge in [0.25, 0.3) is 0 Å². The number of unbranched alkanes of at least 4 members (excludes halogenated alkanes) is 1. The third-order valence-corrected chi connectivity index (χ3v) is 3.13. The van der Waals surface area contributed by atoms with E-state index in [9.17, 15) is 9.90 Å². The number of aliphatic hydroxyl groups excluding tert-OH is 1. The Hall–Kier alpha value is -1.13. The average Bonchev–Trinajstić information content (AvgIpc) is 2.45. The summed E-state index contributed by atoms with van der Waals surface area (Å²) in [5.41, 5.74) is 0. The molecule has 0 radical (unpaired) electrons. The van der Waals surface area contributed by atoms with E-state index < -0.39 is 5.97 Å². The number of rotatable bonds is 14. The second kappa shape index (κ2) is 15.3. The van der Waals surface area contributed by atoms with Gasteiger partial charge in [0, 0.05) is 6.42 Å². The van der Waals surface area contributed by atoms with E-state index >= 15 is 0 Å². The molecule has 0 saturated heterocycles. The molecule has 0 aliphatic heterocycles. The molecule has 0 aromatic rings. The Balaban J connectivity index is 3.31. The van der Waals surface area contributed by atoms with Crippen molar-refractivity contribution < 1.29 is 15.0 Å². The van der Waals surface area contributed by atoms with Crippen molar-refractivity contribution in [2.75, 3.05) is 13.1 Å². The number of nitrogens with one attached hydrogen (secondary N) is 1. The van der Waals surface area contributed by atoms with E-state index in [-0.39, 0.29) is 12.5 Å². The molecule has 0 fully saturated rings. The second-order valence-corrected chi connectivity index (χ2v) is 5.22. The molecule has 0 spiro atoms. The van der Waals surface area contributed by atoms with E-state index in [2.05, 4.69) is 30.5 Å². The average molecular weight is 297 g/mol. The minimum Gasteiger partial charge on any atom is -0.481 e. The van der Waals surface area contributed by atoms with Crippen molar-refractivity contribution in [3.8, 4) is 0 Å². The lowest BCUT2D eigenvalue weighted by molar-refractivity contribution is -0.137. The molecule has 0 bridgehead atoms. The van der Waals surface area contributed by atoms with Crippen molar-refractivity contribution in [1.82, 2.24) is 5.32 Å². The van der Waals surface area contributed by atoms with Crippen LogP contribution in [0, 0.1) is 0 Å². The second-order valence-electron chi connectivity index (χ2n) is 5.22. The lowest BCUT2D eigenvalue weighted by Crippen LogP contribution is -2.18. The third kappa shape index (κ3) is 16.8. The van der Waals surface area contributed by atoms with Gasteiger partial charge in [-0.15, -0.1) is 0 Å². The third-order valence-electron chi connectivity index (χ3n) is 3.13. The molecular weight excluding hydrogens is 266 g/mol. The Labute approximate surface area is 128 Å². The van der Waals surface area contributed by atoms with Crippen LogP contribution in [0.4, 0.5) is 0 Å². The molecule has 1 atom stereocenters. The molecule has 0 saturated carbocycles. The van der Waals surface area contributed by atoms with E-state index in [0.717, 1.165) is 58.0 Å². The standard InChI is InChI=1S/C17H31NO3/c1-2-3-4-5-6-7-11-16(19)12-10-15-18-14-9-8-13-17(20)21/h3-4,6-7,16,18-19H,2,5,8-15H2,1H3,(H,20,21)/b4-3-,7-6-. The van der Waals surface area contributed by atoms with Crippen LogP contribution in [0.15, 0.2) is 24.3 Å². The highest BCUT2D eigenvalue weighted by Crippen LogP contribution is 2.03. The van der Waals surface area contributed by atoms with Crippen LogP contribution in [-0.2, 0) is 4.79 Å². The maximum Gasteiger partial charge on any atom is 0.303 e. The number of hydrogen-bond acceptors (Lipinski definition) is 3. The van der Waals surface area contributed by atoms with Gasteiger partial charge in [0.2, 0.25) is 0 Å². The van der Waals surface area contributed by atoms with Gasteiger partial charge in [-0.3, -0.25) is 4.79 Å². The van der Waals surface area contributed by atoms with Gasteiger partial charge in [-0.2, -0.15) is 0 Å². The van der Waals surface area contributed by atoms with Crippen molar-refractivity contribution in [3.05, 3.63) is 24.3 Å². The molecule has 4 heteroatoms. The largest absolute Gasteiger partial charge is 0.481 e. The number of allylic oxidation sites excluding steroid dienone is 3. The van der Waals surface area contributed by atoms with Crippen LogP contribution < -0.4 is 5.32 Å². The zero-order chi connectivity index (χ0) is 15.8. The van der Waals surface area contributed by atoms with Crippen LogP contribution in [0.25, 0.3) is 0 Å². The summed E-state index contributed by atoms with van der Waals surface area (Å²) in [6.45, 7) is 3.85. The fourth-order valence-corrected chi connectivity index (χ4v) is 1.92. The first-order valence-electron chi connectivity index (χ1n) is 8.07. The lowest BCUT2D eigenvalue weighted by atomic mass is 10.1. The first kappa shape index (κ1) is 19.9. The van der Waals surface area contributed by atoms with Gasteiger partial charge >= 0.3 is 5.97 Å². The van der Waals surface area contributed by atoms with Gasteiger partial charge in [0.1, 0.15) is 0 Å². The molecule has 0 aliphatic carbocycles. The first-order chi connectivity index (χ1) is 10.2. The Kier molecular flexibility index (Phi) is 14.4. The summed E-state index contributed by atoms with van der Waals surface area (Å²) in [5, 5.41) is 21.6. The maximum absolute atomic E-state index is 10.3. The Morgan fingerprint density at radius 2 is 1.81 bits per heavy atom. The maximum atomic E-state index is 10.3. The summed E-state index contributed by atoms with van der Waals surface area (Å²) in [4.78, 5) is 10.3.